The maximum atomic E-state index is 11.6. The van der Waals surface area contributed by atoms with Crippen molar-refractivity contribution in [3.8, 4) is 0 Å². The lowest BCUT2D eigenvalue weighted by atomic mass is 10.1. The highest BCUT2D eigenvalue weighted by Gasteiger charge is 2.18. The van der Waals surface area contributed by atoms with Crippen molar-refractivity contribution in [3.05, 3.63) is 0 Å². The third kappa shape index (κ3) is 5.04. The number of likely N-dealkylation sites (tertiary alicyclic amines) is 1. The lowest BCUT2D eigenvalue weighted by molar-refractivity contribution is -0.131. The van der Waals surface area contributed by atoms with Gasteiger partial charge in [0.25, 0.3) is 0 Å². The van der Waals surface area contributed by atoms with Gasteiger partial charge in [-0.05, 0) is 39.3 Å². The molecule has 1 atom stereocenters. The van der Waals surface area contributed by atoms with Crippen LogP contribution in [0.15, 0.2) is 0 Å². The van der Waals surface area contributed by atoms with Crippen molar-refractivity contribution in [2.75, 3.05) is 33.7 Å². The molecule has 5 heteroatoms. The first-order valence-electron chi connectivity index (χ1n) is 6.71. The Bertz CT molecular complexity index is 286. The largest absolute Gasteiger partial charge is 0.347 e. The minimum atomic E-state index is -0.0732. The highest BCUT2D eigenvalue weighted by atomic mass is 16.2. The van der Waals surface area contributed by atoms with E-state index in [0.29, 0.717) is 12.5 Å². The van der Waals surface area contributed by atoms with Crippen LogP contribution in [0.4, 0.5) is 0 Å². The van der Waals surface area contributed by atoms with Gasteiger partial charge in [0.15, 0.2) is 0 Å². The molecule has 1 fully saturated rings. The topological polar surface area (TPSA) is 52.7 Å². The third-order valence-electron chi connectivity index (χ3n) is 3.49. The van der Waals surface area contributed by atoms with Crippen LogP contribution in [0.2, 0.25) is 0 Å². The normalized spacial score (nSPS) is 17.5. The second-order valence-electron chi connectivity index (χ2n) is 5.20. The van der Waals surface area contributed by atoms with Gasteiger partial charge < -0.3 is 15.1 Å². The van der Waals surface area contributed by atoms with Crippen molar-refractivity contribution >= 4 is 11.8 Å². The lowest BCUT2D eigenvalue weighted by Crippen LogP contribution is -2.37. The van der Waals surface area contributed by atoms with Crippen molar-refractivity contribution in [3.63, 3.8) is 0 Å². The average molecular weight is 255 g/mol. The van der Waals surface area contributed by atoms with Crippen LogP contribution in [0.5, 0.6) is 0 Å². The first-order valence-corrected chi connectivity index (χ1v) is 6.71. The number of hydrogen-bond donors (Lipinski definition) is 1. The van der Waals surface area contributed by atoms with Crippen molar-refractivity contribution in [2.45, 2.75) is 38.6 Å². The highest BCUT2D eigenvalue weighted by molar-refractivity contribution is 5.84. The quantitative estimate of drug-likeness (QED) is 0.750. The first kappa shape index (κ1) is 15.0. The van der Waals surface area contributed by atoms with Crippen molar-refractivity contribution in [1.82, 2.24) is 15.1 Å². The first-order chi connectivity index (χ1) is 8.50. The number of carbonyl (C=O) groups is 2. The van der Waals surface area contributed by atoms with Crippen LogP contribution >= 0.6 is 0 Å². The van der Waals surface area contributed by atoms with Gasteiger partial charge in [-0.1, -0.05) is 0 Å². The molecule has 1 saturated heterocycles. The molecule has 0 saturated carbocycles. The molecule has 0 aromatic rings. The van der Waals surface area contributed by atoms with E-state index in [-0.39, 0.29) is 18.4 Å². The molecule has 1 unspecified atom stereocenters. The number of hydrogen-bond acceptors (Lipinski definition) is 3. The number of amides is 2. The van der Waals surface area contributed by atoms with Gasteiger partial charge in [0, 0.05) is 26.6 Å². The summed E-state index contributed by atoms with van der Waals surface area (Å²) in [6, 6.07) is 0.461. The molecule has 1 heterocycles. The monoisotopic (exact) mass is 255 g/mol. The summed E-state index contributed by atoms with van der Waals surface area (Å²) in [5.41, 5.74) is 0. The molecule has 1 aliphatic heterocycles. The van der Waals surface area contributed by atoms with Crippen LogP contribution in [0.1, 0.15) is 32.6 Å². The molecule has 0 radical (unpaired) electrons. The van der Waals surface area contributed by atoms with Crippen LogP contribution in [-0.2, 0) is 9.59 Å². The van der Waals surface area contributed by atoms with Gasteiger partial charge in [0.2, 0.25) is 11.8 Å². The van der Waals surface area contributed by atoms with Gasteiger partial charge in [-0.2, -0.15) is 0 Å². The number of carbonyl (C=O) groups excluding carboxylic acids is 2. The standard InChI is InChI=1S/C13H25N3O2/c1-11(16-8-4-5-9-16)6-7-12(17)14-10-13(18)15(2)3/h11H,4-10H2,1-3H3,(H,14,17). The average Bonchev–Trinajstić information content (AvgIpc) is 2.86. The van der Waals surface area contributed by atoms with Gasteiger partial charge in [0.1, 0.15) is 0 Å². The van der Waals surface area contributed by atoms with E-state index in [4.69, 9.17) is 0 Å². The Labute approximate surface area is 110 Å². The Kier molecular flexibility index (Phi) is 6.12. The van der Waals surface area contributed by atoms with Crippen molar-refractivity contribution in [2.24, 2.45) is 0 Å². The minimum Gasteiger partial charge on any atom is -0.347 e. The fourth-order valence-corrected chi connectivity index (χ4v) is 2.13. The lowest BCUT2D eigenvalue weighted by Gasteiger charge is -2.23. The van der Waals surface area contributed by atoms with E-state index < -0.39 is 0 Å². The predicted octanol–water partition coefficient (Wildman–Crippen LogP) is 0.455. The second kappa shape index (κ2) is 7.36. The molecular weight excluding hydrogens is 230 g/mol. The SMILES string of the molecule is CC(CCC(=O)NCC(=O)N(C)C)N1CCCC1. The Hall–Kier alpha value is -1.10. The van der Waals surface area contributed by atoms with Crippen LogP contribution < -0.4 is 5.32 Å². The third-order valence-corrected chi connectivity index (χ3v) is 3.49. The summed E-state index contributed by atoms with van der Waals surface area (Å²) in [4.78, 5) is 26.8. The van der Waals surface area contributed by atoms with Gasteiger partial charge >= 0.3 is 0 Å². The molecule has 18 heavy (non-hydrogen) atoms. The summed E-state index contributed by atoms with van der Waals surface area (Å²) >= 11 is 0. The molecule has 1 rings (SSSR count). The van der Waals surface area contributed by atoms with E-state index in [2.05, 4.69) is 17.1 Å². The highest BCUT2D eigenvalue weighted by Crippen LogP contribution is 2.14. The maximum Gasteiger partial charge on any atom is 0.241 e. The number of likely N-dealkylation sites (N-methyl/N-ethyl adjacent to an activating group) is 1. The van der Waals surface area contributed by atoms with E-state index in [1.807, 2.05) is 0 Å². The van der Waals surface area contributed by atoms with Gasteiger partial charge in [-0.3, -0.25) is 9.59 Å². The Morgan fingerprint density at radius 3 is 2.44 bits per heavy atom. The van der Waals surface area contributed by atoms with Gasteiger partial charge in [-0.15, -0.1) is 0 Å². The summed E-state index contributed by atoms with van der Waals surface area (Å²) in [7, 11) is 3.37. The van der Waals surface area contributed by atoms with Gasteiger partial charge in [0.05, 0.1) is 6.54 Å². The van der Waals surface area contributed by atoms with Crippen LogP contribution in [0.25, 0.3) is 0 Å². The van der Waals surface area contributed by atoms with E-state index in [9.17, 15) is 9.59 Å². The van der Waals surface area contributed by atoms with E-state index in [0.717, 1.165) is 19.5 Å². The van der Waals surface area contributed by atoms with E-state index in [1.54, 1.807) is 14.1 Å². The van der Waals surface area contributed by atoms with Crippen LogP contribution in [-0.4, -0.2) is 61.4 Å². The fraction of sp³-hybridized carbons (Fsp3) is 0.846. The Balaban J connectivity index is 2.14. The molecule has 1 aliphatic rings. The molecular formula is C13H25N3O2. The van der Waals surface area contributed by atoms with Crippen molar-refractivity contribution in [1.29, 1.82) is 0 Å². The molecule has 0 aromatic carbocycles. The van der Waals surface area contributed by atoms with Crippen LogP contribution in [0, 0.1) is 0 Å². The van der Waals surface area contributed by atoms with E-state index >= 15 is 0 Å². The maximum absolute atomic E-state index is 11.6. The minimum absolute atomic E-state index is 0.0313. The summed E-state index contributed by atoms with van der Waals surface area (Å²) in [6.45, 7) is 4.58. The zero-order chi connectivity index (χ0) is 13.5. The predicted molar refractivity (Wildman–Crippen MR) is 71.2 cm³/mol. The summed E-state index contributed by atoms with van der Waals surface area (Å²) in [6.07, 6.45) is 3.90. The summed E-state index contributed by atoms with van der Waals surface area (Å²) < 4.78 is 0. The molecule has 2 amide bonds. The molecule has 0 bridgehead atoms. The zero-order valence-corrected chi connectivity index (χ0v) is 11.7. The molecule has 0 spiro atoms. The Morgan fingerprint density at radius 1 is 1.28 bits per heavy atom. The number of rotatable bonds is 6. The zero-order valence-electron chi connectivity index (χ0n) is 11.7. The number of nitrogens with zero attached hydrogens (tertiary/aromatic N) is 2. The fourth-order valence-electron chi connectivity index (χ4n) is 2.13. The molecule has 0 aliphatic carbocycles. The Morgan fingerprint density at radius 2 is 1.89 bits per heavy atom. The van der Waals surface area contributed by atoms with Crippen molar-refractivity contribution < 1.29 is 9.59 Å². The van der Waals surface area contributed by atoms with Gasteiger partial charge in [-0.25, -0.2) is 0 Å². The smallest absolute Gasteiger partial charge is 0.241 e. The molecule has 0 aromatic heterocycles. The molecule has 5 nitrogen and oxygen atoms in total. The molecule has 1 N–H and O–H groups in total. The second-order valence-corrected chi connectivity index (χ2v) is 5.20. The van der Waals surface area contributed by atoms with E-state index in [1.165, 1.54) is 17.7 Å². The van der Waals surface area contributed by atoms with Crippen LogP contribution in [0.3, 0.4) is 0 Å². The number of nitrogens with one attached hydrogen (secondary N) is 1. The summed E-state index contributed by atoms with van der Waals surface area (Å²) in [5, 5.41) is 2.66. The molecule has 104 valence electrons. The summed E-state index contributed by atoms with van der Waals surface area (Å²) in [5.74, 6) is -0.104.